The number of hydrogen-bond acceptors (Lipinski definition) is 3. The molecule has 0 aliphatic rings. The van der Waals surface area contributed by atoms with E-state index in [2.05, 4.69) is 4.84 Å². The van der Waals surface area contributed by atoms with Crippen molar-refractivity contribution in [2.45, 2.75) is 12.3 Å². The highest BCUT2D eigenvalue weighted by Gasteiger charge is 2.34. The number of alkyl halides is 3. The van der Waals surface area contributed by atoms with Crippen LogP contribution in [-0.2, 0) is 11.0 Å². The molecule has 1 aromatic rings. The van der Waals surface area contributed by atoms with Gasteiger partial charge in [-0.2, -0.15) is 13.2 Å². The van der Waals surface area contributed by atoms with E-state index in [1.807, 2.05) is 0 Å². The molecule has 0 saturated carbocycles. The van der Waals surface area contributed by atoms with E-state index in [9.17, 15) is 13.2 Å². The van der Waals surface area contributed by atoms with Gasteiger partial charge in [0.2, 0.25) is 0 Å². The number of hydrogen-bond donors (Lipinski definition) is 2. The fraction of sp³-hybridized carbons (Fsp3) is 0.333. The molecule has 3 nitrogen and oxygen atoms in total. The summed E-state index contributed by atoms with van der Waals surface area (Å²) in [5, 5.41) is 8.80. The van der Waals surface area contributed by atoms with Gasteiger partial charge < -0.3 is 5.11 Å². The monoisotopic (exact) mass is 221 g/mol. The Kier molecular flexibility index (Phi) is 3.67. The predicted molar refractivity (Wildman–Crippen MR) is 46.5 cm³/mol. The Hall–Kier alpha value is -1.11. The number of halogens is 3. The zero-order valence-corrected chi connectivity index (χ0v) is 7.66. The highest BCUT2D eigenvalue weighted by molar-refractivity contribution is 5.31. The third kappa shape index (κ3) is 2.68. The van der Waals surface area contributed by atoms with Crippen LogP contribution in [0.4, 0.5) is 13.2 Å². The van der Waals surface area contributed by atoms with Crippen molar-refractivity contribution >= 4 is 0 Å². The Morgan fingerprint density at radius 2 is 1.93 bits per heavy atom. The van der Waals surface area contributed by atoms with Crippen molar-refractivity contribution in [2.75, 3.05) is 6.61 Å². The van der Waals surface area contributed by atoms with Crippen LogP contribution in [0.5, 0.6) is 0 Å². The van der Waals surface area contributed by atoms with Crippen molar-refractivity contribution in [1.82, 2.24) is 0 Å². The van der Waals surface area contributed by atoms with Crippen molar-refractivity contribution in [2.24, 2.45) is 5.90 Å². The predicted octanol–water partition coefficient (Wildman–Crippen LogP) is 1.63. The van der Waals surface area contributed by atoms with Gasteiger partial charge in [0.1, 0.15) is 6.10 Å². The molecule has 1 atom stereocenters. The molecule has 3 N–H and O–H groups in total. The average Bonchev–Trinajstić information content (AvgIpc) is 2.19. The average molecular weight is 221 g/mol. The SMILES string of the molecule is NOC(CO)c1ccccc1C(F)(F)F. The number of rotatable bonds is 3. The number of aliphatic hydroxyl groups is 1. The summed E-state index contributed by atoms with van der Waals surface area (Å²) in [5.74, 6) is 4.80. The first kappa shape index (κ1) is 12.0. The number of aliphatic hydroxyl groups excluding tert-OH is 1. The van der Waals surface area contributed by atoms with E-state index >= 15 is 0 Å². The summed E-state index contributed by atoms with van der Waals surface area (Å²) in [7, 11) is 0. The topological polar surface area (TPSA) is 55.5 Å². The zero-order valence-electron chi connectivity index (χ0n) is 7.66. The summed E-state index contributed by atoms with van der Waals surface area (Å²) in [6, 6.07) is 4.82. The van der Waals surface area contributed by atoms with Crippen LogP contribution in [0.3, 0.4) is 0 Å². The normalized spacial score (nSPS) is 13.9. The molecule has 6 heteroatoms. The van der Waals surface area contributed by atoms with Crippen molar-refractivity contribution in [3.05, 3.63) is 35.4 Å². The van der Waals surface area contributed by atoms with E-state index in [0.29, 0.717) is 0 Å². The fourth-order valence-corrected chi connectivity index (χ4v) is 1.25. The number of benzene rings is 1. The lowest BCUT2D eigenvalue weighted by Crippen LogP contribution is -2.18. The van der Waals surface area contributed by atoms with Gasteiger partial charge in [-0.15, -0.1) is 0 Å². The van der Waals surface area contributed by atoms with Crippen LogP contribution in [0.25, 0.3) is 0 Å². The molecular weight excluding hydrogens is 211 g/mol. The first-order chi connectivity index (χ1) is 7.00. The molecule has 15 heavy (non-hydrogen) atoms. The zero-order chi connectivity index (χ0) is 11.5. The molecule has 0 amide bonds. The first-order valence-electron chi connectivity index (χ1n) is 4.13. The molecule has 0 aromatic heterocycles. The lowest BCUT2D eigenvalue weighted by molar-refractivity contribution is -0.140. The van der Waals surface area contributed by atoms with Gasteiger partial charge in [0.05, 0.1) is 12.2 Å². The van der Waals surface area contributed by atoms with Gasteiger partial charge in [0, 0.05) is 0 Å². The maximum absolute atomic E-state index is 12.5. The fourth-order valence-electron chi connectivity index (χ4n) is 1.25. The summed E-state index contributed by atoms with van der Waals surface area (Å²) in [5.41, 5.74) is -1.02. The molecule has 0 bridgehead atoms. The Labute approximate surface area is 84.2 Å². The Morgan fingerprint density at radius 3 is 2.40 bits per heavy atom. The molecule has 0 spiro atoms. The quantitative estimate of drug-likeness (QED) is 0.762. The van der Waals surface area contributed by atoms with Crippen LogP contribution in [0.2, 0.25) is 0 Å². The lowest BCUT2D eigenvalue weighted by atomic mass is 10.0. The van der Waals surface area contributed by atoms with Crippen LogP contribution < -0.4 is 5.90 Å². The van der Waals surface area contributed by atoms with Crippen molar-refractivity contribution in [3.63, 3.8) is 0 Å². The van der Waals surface area contributed by atoms with E-state index in [-0.39, 0.29) is 5.56 Å². The smallest absolute Gasteiger partial charge is 0.393 e. The molecule has 0 fully saturated rings. The van der Waals surface area contributed by atoms with Crippen molar-refractivity contribution in [1.29, 1.82) is 0 Å². The minimum absolute atomic E-state index is 0.171. The highest BCUT2D eigenvalue weighted by atomic mass is 19.4. The standard InChI is InChI=1S/C9H10F3NO2/c10-9(11,12)7-4-2-1-3-6(7)8(5-14)15-13/h1-4,8,14H,5,13H2. The molecular formula is C9H10F3NO2. The second-order valence-corrected chi connectivity index (χ2v) is 2.89. The van der Waals surface area contributed by atoms with E-state index in [0.717, 1.165) is 6.07 Å². The van der Waals surface area contributed by atoms with Gasteiger partial charge in [0.25, 0.3) is 0 Å². The van der Waals surface area contributed by atoms with Crippen LogP contribution in [0.1, 0.15) is 17.2 Å². The molecule has 0 saturated heterocycles. The maximum Gasteiger partial charge on any atom is 0.416 e. The summed E-state index contributed by atoms with van der Waals surface area (Å²) in [6.45, 7) is -0.608. The third-order valence-corrected chi connectivity index (χ3v) is 1.94. The van der Waals surface area contributed by atoms with Gasteiger partial charge >= 0.3 is 6.18 Å². The Balaban J connectivity index is 3.17. The summed E-state index contributed by atoms with van der Waals surface area (Å²) in [4.78, 5) is 4.27. The minimum atomic E-state index is -4.48. The summed E-state index contributed by atoms with van der Waals surface area (Å²) >= 11 is 0. The van der Waals surface area contributed by atoms with Crippen LogP contribution in [-0.4, -0.2) is 11.7 Å². The molecule has 0 aliphatic carbocycles. The first-order valence-corrected chi connectivity index (χ1v) is 4.13. The van der Waals surface area contributed by atoms with E-state index in [1.165, 1.54) is 18.2 Å². The third-order valence-electron chi connectivity index (χ3n) is 1.94. The van der Waals surface area contributed by atoms with Gasteiger partial charge in [0.15, 0.2) is 0 Å². The molecule has 0 heterocycles. The summed E-state index contributed by atoms with van der Waals surface area (Å²) in [6.07, 6.45) is -5.65. The molecule has 0 radical (unpaired) electrons. The van der Waals surface area contributed by atoms with Crippen LogP contribution in [0.15, 0.2) is 24.3 Å². The van der Waals surface area contributed by atoms with E-state index < -0.39 is 24.5 Å². The largest absolute Gasteiger partial charge is 0.416 e. The second kappa shape index (κ2) is 4.61. The number of nitrogens with two attached hydrogens (primary N) is 1. The highest BCUT2D eigenvalue weighted by Crippen LogP contribution is 2.34. The molecule has 1 aromatic carbocycles. The summed E-state index contributed by atoms with van der Waals surface area (Å²) < 4.78 is 37.5. The van der Waals surface area contributed by atoms with E-state index in [1.54, 1.807) is 0 Å². The molecule has 1 rings (SSSR count). The second-order valence-electron chi connectivity index (χ2n) is 2.89. The molecule has 0 aliphatic heterocycles. The van der Waals surface area contributed by atoms with Crippen molar-refractivity contribution < 1.29 is 23.1 Å². The lowest BCUT2D eigenvalue weighted by Gasteiger charge is -2.17. The molecule has 1 unspecified atom stereocenters. The molecule has 84 valence electrons. The van der Waals surface area contributed by atoms with E-state index in [4.69, 9.17) is 11.0 Å². The Morgan fingerprint density at radius 1 is 1.33 bits per heavy atom. The Bertz CT molecular complexity index is 323. The van der Waals surface area contributed by atoms with Gasteiger partial charge in [-0.25, -0.2) is 5.90 Å². The maximum atomic E-state index is 12.5. The van der Waals surface area contributed by atoms with Gasteiger partial charge in [-0.1, -0.05) is 18.2 Å². The minimum Gasteiger partial charge on any atom is -0.393 e. The van der Waals surface area contributed by atoms with Crippen molar-refractivity contribution in [3.8, 4) is 0 Å². The van der Waals surface area contributed by atoms with Crippen LogP contribution in [0, 0.1) is 0 Å². The van der Waals surface area contributed by atoms with Crippen LogP contribution >= 0.6 is 0 Å². The van der Waals surface area contributed by atoms with Gasteiger partial charge in [-0.3, -0.25) is 4.84 Å². The van der Waals surface area contributed by atoms with Gasteiger partial charge in [-0.05, 0) is 11.6 Å².